The van der Waals surface area contributed by atoms with Crippen molar-refractivity contribution in [2.75, 3.05) is 13.7 Å². The van der Waals surface area contributed by atoms with Crippen LogP contribution < -0.4 is 4.74 Å². The molecule has 0 aliphatic rings. The van der Waals surface area contributed by atoms with Gasteiger partial charge < -0.3 is 14.2 Å². The molecule has 0 heterocycles. The molecule has 0 radical (unpaired) electrons. The smallest absolute Gasteiger partial charge is 0.341 e. The highest BCUT2D eigenvalue weighted by atomic mass is 16.7. The SMILES string of the molecule is CCOC(C)Oc1ccc(C(CC)C(C)C)cc1C(=O)OC. The molecule has 0 aliphatic heterocycles. The van der Waals surface area contributed by atoms with Crippen molar-refractivity contribution in [1.29, 1.82) is 0 Å². The number of rotatable bonds is 8. The van der Waals surface area contributed by atoms with Crippen LogP contribution in [0.4, 0.5) is 0 Å². The lowest BCUT2D eigenvalue weighted by Gasteiger charge is -2.22. The molecule has 0 N–H and O–H groups in total. The summed E-state index contributed by atoms with van der Waals surface area (Å²) in [7, 11) is 1.38. The molecule has 0 fully saturated rings. The van der Waals surface area contributed by atoms with Crippen LogP contribution >= 0.6 is 0 Å². The summed E-state index contributed by atoms with van der Waals surface area (Å²) in [5.41, 5.74) is 1.58. The van der Waals surface area contributed by atoms with E-state index in [9.17, 15) is 4.79 Å². The predicted molar refractivity (Wildman–Crippen MR) is 87.4 cm³/mol. The Kier molecular flexibility index (Phi) is 7.39. The topological polar surface area (TPSA) is 44.8 Å². The Morgan fingerprint density at radius 3 is 2.36 bits per heavy atom. The Balaban J connectivity index is 3.15. The van der Waals surface area contributed by atoms with E-state index in [0.29, 0.717) is 29.8 Å². The fourth-order valence-corrected chi connectivity index (χ4v) is 2.69. The first-order valence-corrected chi connectivity index (χ1v) is 7.95. The molecule has 2 unspecified atom stereocenters. The molecule has 4 heteroatoms. The Morgan fingerprint density at radius 1 is 1.18 bits per heavy atom. The van der Waals surface area contributed by atoms with E-state index < -0.39 is 6.29 Å². The average Bonchev–Trinajstić information content (AvgIpc) is 2.48. The van der Waals surface area contributed by atoms with Crippen molar-refractivity contribution in [2.24, 2.45) is 5.92 Å². The molecule has 124 valence electrons. The van der Waals surface area contributed by atoms with Crippen LogP contribution in [0.3, 0.4) is 0 Å². The normalized spacial score (nSPS) is 13.8. The third-order valence-electron chi connectivity index (χ3n) is 3.78. The second kappa shape index (κ2) is 8.79. The minimum atomic E-state index is -0.411. The van der Waals surface area contributed by atoms with Gasteiger partial charge in [-0.2, -0.15) is 0 Å². The van der Waals surface area contributed by atoms with Crippen LogP contribution in [0.5, 0.6) is 5.75 Å². The molecule has 0 aromatic heterocycles. The van der Waals surface area contributed by atoms with E-state index in [0.717, 1.165) is 12.0 Å². The van der Waals surface area contributed by atoms with Crippen LogP contribution in [-0.2, 0) is 9.47 Å². The second-order valence-corrected chi connectivity index (χ2v) is 5.65. The Labute approximate surface area is 133 Å². The second-order valence-electron chi connectivity index (χ2n) is 5.65. The average molecular weight is 308 g/mol. The van der Waals surface area contributed by atoms with Gasteiger partial charge in [-0.15, -0.1) is 0 Å². The molecular weight excluding hydrogens is 280 g/mol. The van der Waals surface area contributed by atoms with Crippen molar-refractivity contribution < 1.29 is 19.0 Å². The van der Waals surface area contributed by atoms with Gasteiger partial charge in [0.2, 0.25) is 0 Å². The predicted octanol–water partition coefficient (Wildman–Crippen LogP) is 4.38. The molecule has 1 aromatic carbocycles. The zero-order chi connectivity index (χ0) is 16.7. The summed E-state index contributed by atoms with van der Waals surface area (Å²) < 4.78 is 16.0. The Bertz CT molecular complexity index is 482. The largest absolute Gasteiger partial charge is 0.465 e. The van der Waals surface area contributed by atoms with E-state index >= 15 is 0 Å². The van der Waals surface area contributed by atoms with Gasteiger partial charge in [-0.25, -0.2) is 4.79 Å². The van der Waals surface area contributed by atoms with Gasteiger partial charge in [0.15, 0.2) is 6.29 Å². The minimum Gasteiger partial charge on any atom is -0.465 e. The van der Waals surface area contributed by atoms with Gasteiger partial charge in [0, 0.05) is 6.61 Å². The fourth-order valence-electron chi connectivity index (χ4n) is 2.69. The molecule has 0 aliphatic carbocycles. The maximum atomic E-state index is 12.1. The third kappa shape index (κ3) is 4.73. The minimum absolute atomic E-state index is 0.390. The number of hydrogen-bond donors (Lipinski definition) is 0. The summed E-state index contributed by atoms with van der Waals surface area (Å²) in [6, 6.07) is 5.74. The van der Waals surface area contributed by atoms with Gasteiger partial charge in [0.05, 0.1) is 7.11 Å². The molecule has 22 heavy (non-hydrogen) atoms. The quantitative estimate of drug-likeness (QED) is 0.528. The number of esters is 1. The number of benzene rings is 1. The van der Waals surface area contributed by atoms with Crippen LogP contribution in [0, 0.1) is 5.92 Å². The van der Waals surface area contributed by atoms with Crippen LogP contribution in [0.25, 0.3) is 0 Å². The number of carbonyl (C=O) groups is 1. The van der Waals surface area contributed by atoms with Gasteiger partial charge in [-0.3, -0.25) is 0 Å². The molecule has 1 aromatic rings. The summed E-state index contributed by atoms with van der Waals surface area (Å²) in [5.74, 6) is 1.01. The molecule has 0 spiro atoms. The summed E-state index contributed by atoms with van der Waals surface area (Å²) in [5, 5.41) is 0. The van der Waals surface area contributed by atoms with E-state index in [1.807, 2.05) is 25.1 Å². The molecule has 0 amide bonds. The van der Waals surface area contributed by atoms with E-state index in [4.69, 9.17) is 14.2 Å². The van der Waals surface area contributed by atoms with E-state index in [1.165, 1.54) is 7.11 Å². The molecule has 4 nitrogen and oxygen atoms in total. The highest BCUT2D eigenvalue weighted by Crippen LogP contribution is 2.32. The van der Waals surface area contributed by atoms with Gasteiger partial charge in [-0.1, -0.05) is 26.8 Å². The number of ether oxygens (including phenoxy) is 3. The summed E-state index contributed by atoms with van der Waals surface area (Å²) in [6.07, 6.45) is 0.611. The molecular formula is C18H28O4. The van der Waals surface area contributed by atoms with E-state index in [-0.39, 0.29) is 5.97 Å². The zero-order valence-corrected chi connectivity index (χ0v) is 14.5. The standard InChI is InChI=1S/C18H28O4/c1-7-15(12(3)4)14-9-10-17(22-13(5)21-8-2)16(11-14)18(19)20-6/h9-13,15H,7-8H2,1-6H3. The van der Waals surface area contributed by atoms with Crippen molar-refractivity contribution in [1.82, 2.24) is 0 Å². The Morgan fingerprint density at radius 2 is 1.86 bits per heavy atom. The van der Waals surface area contributed by atoms with E-state index in [2.05, 4.69) is 20.8 Å². The van der Waals surface area contributed by atoms with E-state index in [1.54, 1.807) is 6.92 Å². The third-order valence-corrected chi connectivity index (χ3v) is 3.78. The maximum Gasteiger partial charge on any atom is 0.341 e. The molecule has 2 atom stereocenters. The lowest BCUT2D eigenvalue weighted by atomic mass is 9.85. The van der Waals surface area contributed by atoms with Crippen molar-refractivity contribution >= 4 is 5.97 Å². The van der Waals surface area contributed by atoms with Gasteiger partial charge in [-0.05, 0) is 49.8 Å². The summed E-state index contributed by atoms with van der Waals surface area (Å²) in [6.45, 7) is 10.8. The number of hydrogen-bond acceptors (Lipinski definition) is 4. The molecule has 0 saturated heterocycles. The Hall–Kier alpha value is -1.55. The van der Waals surface area contributed by atoms with Gasteiger partial charge in [0.1, 0.15) is 11.3 Å². The first-order chi connectivity index (χ1) is 10.4. The maximum absolute atomic E-state index is 12.1. The van der Waals surface area contributed by atoms with Crippen molar-refractivity contribution in [3.63, 3.8) is 0 Å². The highest BCUT2D eigenvalue weighted by molar-refractivity contribution is 5.92. The number of carbonyl (C=O) groups excluding carboxylic acids is 1. The summed E-state index contributed by atoms with van der Waals surface area (Å²) >= 11 is 0. The van der Waals surface area contributed by atoms with Crippen molar-refractivity contribution in [3.05, 3.63) is 29.3 Å². The number of methoxy groups -OCH3 is 1. The zero-order valence-electron chi connectivity index (χ0n) is 14.5. The lowest BCUT2D eigenvalue weighted by Crippen LogP contribution is -2.18. The lowest BCUT2D eigenvalue weighted by molar-refractivity contribution is -0.0617. The molecule has 1 rings (SSSR count). The molecule has 0 saturated carbocycles. The first kappa shape index (κ1) is 18.5. The van der Waals surface area contributed by atoms with Crippen molar-refractivity contribution in [2.45, 2.75) is 53.2 Å². The summed E-state index contributed by atoms with van der Waals surface area (Å²) in [4.78, 5) is 12.1. The van der Waals surface area contributed by atoms with Crippen LogP contribution in [-0.4, -0.2) is 26.0 Å². The van der Waals surface area contributed by atoms with Crippen LogP contribution in [0.15, 0.2) is 18.2 Å². The van der Waals surface area contributed by atoms with Crippen LogP contribution in [0.2, 0.25) is 0 Å². The fraction of sp³-hybridized carbons (Fsp3) is 0.611. The monoisotopic (exact) mass is 308 g/mol. The highest BCUT2D eigenvalue weighted by Gasteiger charge is 2.20. The first-order valence-electron chi connectivity index (χ1n) is 7.95. The van der Waals surface area contributed by atoms with Crippen LogP contribution in [0.1, 0.15) is 62.9 Å². The van der Waals surface area contributed by atoms with Gasteiger partial charge in [0.25, 0.3) is 0 Å². The molecule has 0 bridgehead atoms. The van der Waals surface area contributed by atoms with Gasteiger partial charge >= 0.3 is 5.97 Å². The van der Waals surface area contributed by atoms with Crippen molar-refractivity contribution in [3.8, 4) is 5.75 Å².